The summed E-state index contributed by atoms with van der Waals surface area (Å²) in [6, 6.07) is 15.3. The summed E-state index contributed by atoms with van der Waals surface area (Å²) in [5, 5.41) is -0.328. The van der Waals surface area contributed by atoms with Gasteiger partial charge in [0.15, 0.2) is 17.5 Å². The molecule has 2 aromatic heterocycles. The van der Waals surface area contributed by atoms with Gasteiger partial charge in [0.2, 0.25) is 0 Å². The van der Waals surface area contributed by atoms with Crippen LogP contribution in [0, 0.1) is 0 Å². The minimum atomic E-state index is -0.622. The van der Waals surface area contributed by atoms with Crippen molar-refractivity contribution in [2.75, 3.05) is 0 Å². The standard InChI is InChI=1S/C39H26N4/c1-4-14-27(15-5-1)30-24-25-33(36(26-30)43-34-22-12-10-20-31(34)32-21-11-13-23-35(32)43)39-41-37(28-16-6-2-7-17-28)40-38(42-39)29-18-8-3-9-19-29/h1-26H/i1D,4D,5D,10D,11D,12D,13D,14D,15D,20D,21D,22D,23D. The average Bonchev–Trinajstić information content (AvgIpc) is 3.59. The van der Waals surface area contributed by atoms with Crippen molar-refractivity contribution in [3.63, 3.8) is 0 Å². The highest BCUT2D eigenvalue weighted by atomic mass is 15.1. The van der Waals surface area contributed by atoms with Crippen LogP contribution in [0.3, 0.4) is 0 Å². The molecule has 0 amide bonds. The molecule has 0 saturated carbocycles. The number of para-hydroxylation sites is 2. The maximum Gasteiger partial charge on any atom is 0.166 e. The van der Waals surface area contributed by atoms with Crippen molar-refractivity contribution in [3.05, 3.63) is 157 Å². The fourth-order valence-electron chi connectivity index (χ4n) is 5.05. The maximum atomic E-state index is 9.13. The molecule has 0 fully saturated rings. The van der Waals surface area contributed by atoms with E-state index < -0.39 is 78.6 Å². The zero-order valence-electron chi connectivity index (χ0n) is 35.3. The van der Waals surface area contributed by atoms with Crippen molar-refractivity contribution < 1.29 is 17.8 Å². The lowest BCUT2D eigenvalue weighted by atomic mass is 10.0. The van der Waals surface area contributed by atoms with Gasteiger partial charge in [-0.2, -0.15) is 0 Å². The summed E-state index contributed by atoms with van der Waals surface area (Å²) >= 11 is 0. The predicted octanol–water partition coefficient (Wildman–Crippen LogP) is 9.64. The number of hydrogen-bond donors (Lipinski definition) is 0. The van der Waals surface area contributed by atoms with E-state index >= 15 is 0 Å². The van der Waals surface area contributed by atoms with E-state index in [9.17, 15) is 0 Å². The summed E-state index contributed by atoms with van der Waals surface area (Å²) in [5.74, 6) is 0.624. The Morgan fingerprint density at radius 1 is 0.442 bits per heavy atom. The van der Waals surface area contributed by atoms with Crippen LogP contribution in [0.2, 0.25) is 0 Å². The van der Waals surface area contributed by atoms with E-state index in [4.69, 9.17) is 32.8 Å². The second kappa shape index (κ2) is 10.5. The third kappa shape index (κ3) is 4.46. The third-order valence-electron chi connectivity index (χ3n) is 7.00. The van der Waals surface area contributed by atoms with Crippen LogP contribution in [-0.2, 0) is 0 Å². The zero-order valence-corrected chi connectivity index (χ0v) is 22.3. The highest BCUT2D eigenvalue weighted by molar-refractivity contribution is 6.09. The van der Waals surface area contributed by atoms with Crippen LogP contribution in [0.4, 0.5) is 0 Å². The minimum Gasteiger partial charge on any atom is -0.308 e. The van der Waals surface area contributed by atoms with Gasteiger partial charge in [-0.3, -0.25) is 0 Å². The fourth-order valence-corrected chi connectivity index (χ4v) is 5.05. The first-order chi connectivity index (χ1) is 26.7. The van der Waals surface area contributed by atoms with Gasteiger partial charge in [0, 0.05) is 27.5 Å². The Morgan fingerprint density at radius 2 is 0.953 bits per heavy atom. The number of rotatable bonds is 5. The van der Waals surface area contributed by atoms with Gasteiger partial charge in [-0.1, -0.05) is 133 Å². The molecule has 4 heteroatoms. The Morgan fingerprint density at radius 3 is 1.53 bits per heavy atom. The lowest BCUT2D eigenvalue weighted by molar-refractivity contribution is 1.06. The summed E-state index contributed by atoms with van der Waals surface area (Å²) in [6.07, 6.45) is 0. The minimum absolute atomic E-state index is 0.0357. The Hall–Kier alpha value is -5.87. The highest BCUT2D eigenvalue weighted by Crippen LogP contribution is 2.38. The average molecular weight is 564 g/mol. The molecule has 8 rings (SSSR count). The van der Waals surface area contributed by atoms with Gasteiger partial charge in [-0.25, -0.2) is 15.0 Å². The first kappa shape index (κ1) is 14.9. The largest absolute Gasteiger partial charge is 0.308 e. The quantitative estimate of drug-likeness (QED) is 0.209. The van der Waals surface area contributed by atoms with E-state index in [1.165, 1.54) is 16.7 Å². The molecule has 0 saturated heterocycles. The van der Waals surface area contributed by atoms with Crippen molar-refractivity contribution in [2.45, 2.75) is 0 Å². The van der Waals surface area contributed by atoms with Crippen molar-refractivity contribution in [1.29, 1.82) is 0 Å². The van der Waals surface area contributed by atoms with Crippen LogP contribution in [0.5, 0.6) is 0 Å². The third-order valence-corrected chi connectivity index (χ3v) is 7.00. The van der Waals surface area contributed by atoms with E-state index in [0.29, 0.717) is 11.1 Å². The fraction of sp³-hybridized carbons (Fsp3) is 0. The van der Waals surface area contributed by atoms with Gasteiger partial charge in [0.1, 0.15) is 0 Å². The maximum absolute atomic E-state index is 9.13. The first-order valence-electron chi connectivity index (χ1n) is 19.8. The number of aromatic nitrogens is 4. The lowest BCUT2D eigenvalue weighted by Crippen LogP contribution is -2.04. The zero-order chi connectivity index (χ0) is 39.9. The van der Waals surface area contributed by atoms with E-state index in [1.807, 2.05) is 60.7 Å². The Balaban J connectivity index is 1.59. The molecule has 0 atom stereocenters. The molecular formula is C39H26N4. The van der Waals surface area contributed by atoms with Gasteiger partial charge in [-0.05, 0) is 35.3 Å². The van der Waals surface area contributed by atoms with Gasteiger partial charge < -0.3 is 4.57 Å². The molecule has 8 aromatic rings. The molecule has 4 nitrogen and oxygen atoms in total. The number of benzene rings is 6. The Labute approximate surface area is 267 Å². The molecule has 0 aliphatic carbocycles. The molecule has 43 heavy (non-hydrogen) atoms. The normalized spacial score (nSPS) is 15.5. The van der Waals surface area contributed by atoms with Gasteiger partial charge in [0.25, 0.3) is 0 Å². The van der Waals surface area contributed by atoms with E-state index in [1.54, 1.807) is 6.07 Å². The molecule has 2 heterocycles. The van der Waals surface area contributed by atoms with Crippen LogP contribution < -0.4 is 0 Å². The second-order valence-corrected chi connectivity index (χ2v) is 9.55. The molecule has 0 unspecified atom stereocenters. The lowest BCUT2D eigenvalue weighted by Gasteiger charge is -2.16. The van der Waals surface area contributed by atoms with Gasteiger partial charge in [0.05, 0.1) is 34.5 Å². The molecule has 0 bridgehead atoms. The monoisotopic (exact) mass is 563 g/mol. The van der Waals surface area contributed by atoms with Crippen LogP contribution in [0.25, 0.3) is 72.8 Å². The molecule has 0 aliphatic rings. The van der Waals surface area contributed by atoms with Crippen molar-refractivity contribution in [1.82, 2.24) is 19.5 Å². The molecule has 6 aromatic carbocycles. The van der Waals surface area contributed by atoms with Crippen LogP contribution in [0.15, 0.2) is 157 Å². The Kier molecular flexibility index (Phi) is 3.63. The second-order valence-electron chi connectivity index (χ2n) is 9.55. The summed E-state index contributed by atoms with van der Waals surface area (Å²) in [5.41, 5.74) is 1.11. The van der Waals surface area contributed by atoms with Crippen molar-refractivity contribution >= 4 is 21.8 Å². The molecule has 0 radical (unpaired) electrons. The molecule has 0 N–H and O–H groups in total. The molecule has 202 valence electrons. The van der Waals surface area contributed by atoms with Crippen molar-refractivity contribution in [3.8, 4) is 51.0 Å². The number of fused-ring (bicyclic) bond motifs is 3. The van der Waals surface area contributed by atoms with E-state index in [0.717, 1.165) is 0 Å². The summed E-state index contributed by atoms with van der Waals surface area (Å²) in [4.78, 5) is 14.5. The summed E-state index contributed by atoms with van der Waals surface area (Å²) < 4.78 is 114. The van der Waals surface area contributed by atoms with Crippen molar-refractivity contribution in [2.24, 2.45) is 0 Å². The van der Waals surface area contributed by atoms with Crippen LogP contribution in [-0.4, -0.2) is 19.5 Å². The van der Waals surface area contributed by atoms with Crippen LogP contribution >= 0.6 is 0 Å². The first-order valence-corrected chi connectivity index (χ1v) is 13.3. The summed E-state index contributed by atoms with van der Waals surface area (Å²) in [6.45, 7) is 0. The number of nitrogens with zero attached hydrogens (tertiary/aromatic N) is 4. The SMILES string of the molecule is [2H]c1c([2H])c([2H])c(-c2ccc(-c3nc(-c4ccccc4)nc(-c4ccccc4)n3)c(-n3c4c([2H])c([2H])c([2H])c([2H])c4c4c([2H])c([2H])c([2H])c([2H])c43)c2)c([2H])c1[2H]. The Bertz CT molecular complexity index is 2790. The van der Waals surface area contributed by atoms with Gasteiger partial charge in [-0.15, -0.1) is 0 Å². The summed E-state index contributed by atoms with van der Waals surface area (Å²) in [7, 11) is 0. The van der Waals surface area contributed by atoms with E-state index in [-0.39, 0.29) is 61.7 Å². The molecule has 0 aliphatic heterocycles. The highest BCUT2D eigenvalue weighted by Gasteiger charge is 2.20. The topological polar surface area (TPSA) is 43.6 Å². The number of hydrogen-bond acceptors (Lipinski definition) is 3. The van der Waals surface area contributed by atoms with Crippen LogP contribution in [0.1, 0.15) is 17.8 Å². The molecular weight excluding hydrogens is 524 g/mol. The van der Waals surface area contributed by atoms with Gasteiger partial charge >= 0.3 is 0 Å². The van der Waals surface area contributed by atoms with E-state index in [2.05, 4.69) is 0 Å². The predicted molar refractivity (Wildman–Crippen MR) is 176 cm³/mol. The smallest absolute Gasteiger partial charge is 0.166 e. The molecule has 0 spiro atoms.